The molecule has 0 aromatic carbocycles. The first-order valence-corrected chi connectivity index (χ1v) is 10.4. The first-order chi connectivity index (χ1) is 10.0. The third kappa shape index (κ3) is 3.88. The smallest absolute Gasteiger partial charge is 0.371 e. The quantitative estimate of drug-likeness (QED) is 0.662. The summed E-state index contributed by atoms with van der Waals surface area (Å²) in [4.78, 5) is 0. The van der Waals surface area contributed by atoms with Crippen LogP contribution in [0.25, 0.3) is 0 Å². The van der Waals surface area contributed by atoms with Gasteiger partial charge in [-0.1, -0.05) is 19.8 Å². The average Bonchev–Trinajstić information content (AvgIpc) is 2.48. The molecule has 0 bridgehead atoms. The Morgan fingerprint density at radius 2 is 1.95 bits per heavy atom. The van der Waals surface area contributed by atoms with E-state index in [1.54, 1.807) is 0 Å². The molecule has 0 radical (unpaired) electrons. The second-order valence-corrected chi connectivity index (χ2v) is 10.2. The fourth-order valence-corrected chi connectivity index (χ4v) is 8.34. The van der Waals surface area contributed by atoms with Crippen molar-refractivity contribution in [3.63, 3.8) is 0 Å². The van der Waals surface area contributed by atoms with Gasteiger partial charge in [-0.3, -0.25) is 0 Å². The maximum atomic E-state index is 6.19. The molecule has 1 saturated heterocycles. The number of ether oxygens (including phenoxy) is 1. The van der Waals surface area contributed by atoms with Gasteiger partial charge in [0.05, 0.1) is 0 Å². The molecule has 3 atom stereocenters. The molecule has 2 N–H and O–H groups in total. The SMILES string of the molecule is CCCC1CCC[Si](OC)(OC)C1(CCCC(C)N)OC. The average molecular weight is 318 g/mol. The molecule has 0 spiro atoms. The van der Waals surface area contributed by atoms with E-state index in [9.17, 15) is 0 Å². The molecular weight excluding hydrogens is 282 g/mol. The molecule has 1 fully saturated rings. The fourth-order valence-electron chi connectivity index (χ4n) is 4.20. The number of nitrogens with two attached hydrogens (primary N) is 1. The fraction of sp³-hybridized carbons (Fsp3) is 1.00. The number of rotatable bonds is 9. The van der Waals surface area contributed by atoms with E-state index in [0.29, 0.717) is 5.92 Å². The van der Waals surface area contributed by atoms with Gasteiger partial charge in [-0.25, -0.2) is 0 Å². The van der Waals surface area contributed by atoms with Gasteiger partial charge in [-0.15, -0.1) is 0 Å². The molecule has 0 amide bonds. The summed E-state index contributed by atoms with van der Waals surface area (Å²) in [5.41, 5.74) is 5.93. The van der Waals surface area contributed by atoms with E-state index in [1.807, 2.05) is 21.3 Å². The van der Waals surface area contributed by atoms with Crippen LogP contribution < -0.4 is 5.73 Å². The third-order valence-corrected chi connectivity index (χ3v) is 9.71. The van der Waals surface area contributed by atoms with E-state index in [0.717, 1.165) is 25.3 Å². The molecular formula is C16H35NO3Si. The van der Waals surface area contributed by atoms with E-state index >= 15 is 0 Å². The summed E-state index contributed by atoms with van der Waals surface area (Å²) in [7, 11) is 3.12. The Labute approximate surface area is 132 Å². The van der Waals surface area contributed by atoms with Gasteiger partial charge in [0.15, 0.2) is 0 Å². The molecule has 1 aliphatic heterocycles. The predicted octanol–water partition coefficient (Wildman–Crippen LogP) is 3.37. The van der Waals surface area contributed by atoms with Crippen molar-refractivity contribution < 1.29 is 13.6 Å². The monoisotopic (exact) mass is 317 g/mol. The Bertz CT molecular complexity index is 295. The standard InChI is InChI=1S/C16H35NO3Si/c1-6-9-15-11-8-13-21(19-4,20-5)16(15,18-3)12-7-10-14(2)17/h14-15H,6-13,17H2,1-5H3. The van der Waals surface area contributed by atoms with Gasteiger partial charge >= 0.3 is 8.56 Å². The van der Waals surface area contributed by atoms with Crippen LogP contribution in [-0.2, 0) is 13.6 Å². The molecule has 5 heteroatoms. The molecule has 0 saturated carbocycles. The molecule has 3 unspecified atom stereocenters. The van der Waals surface area contributed by atoms with Gasteiger partial charge in [-0.05, 0) is 51.0 Å². The van der Waals surface area contributed by atoms with Gasteiger partial charge in [0.25, 0.3) is 0 Å². The Balaban J connectivity index is 3.04. The van der Waals surface area contributed by atoms with Gasteiger partial charge in [0, 0.05) is 27.4 Å². The number of hydrogen-bond acceptors (Lipinski definition) is 4. The van der Waals surface area contributed by atoms with Gasteiger partial charge in [0.2, 0.25) is 0 Å². The van der Waals surface area contributed by atoms with Crippen LogP contribution in [0.2, 0.25) is 6.04 Å². The third-order valence-electron chi connectivity index (χ3n) is 5.23. The van der Waals surface area contributed by atoms with Crippen LogP contribution in [0.1, 0.15) is 58.8 Å². The van der Waals surface area contributed by atoms with Crippen molar-refractivity contribution >= 4 is 8.56 Å². The second kappa shape index (κ2) is 8.63. The highest BCUT2D eigenvalue weighted by molar-refractivity contribution is 6.70. The van der Waals surface area contributed by atoms with Crippen molar-refractivity contribution in [1.29, 1.82) is 0 Å². The highest BCUT2D eigenvalue weighted by Crippen LogP contribution is 2.48. The molecule has 0 aliphatic carbocycles. The summed E-state index contributed by atoms with van der Waals surface area (Å²) in [6.07, 6.45) is 7.89. The van der Waals surface area contributed by atoms with Crippen molar-refractivity contribution in [2.45, 2.75) is 76.1 Å². The van der Waals surface area contributed by atoms with Crippen LogP contribution >= 0.6 is 0 Å². The maximum absolute atomic E-state index is 6.19. The highest BCUT2D eigenvalue weighted by atomic mass is 28.4. The lowest BCUT2D eigenvalue weighted by molar-refractivity contribution is -0.0573. The summed E-state index contributed by atoms with van der Waals surface area (Å²) < 4.78 is 18.3. The molecule has 0 aromatic rings. The maximum Gasteiger partial charge on any atom is 0.371 e. The zero-order valence-electron chi connectivity index (χ0n) is 14.6. The lowest BCUT2D eigenvalue weighted by atomic mass is 9.87. The van der Waals surface area contributed by atoms with E-state index in [-0.39, 0.29) is 11.3 Å². The minimum Gasteiger partial charge on any atom is -0.396 e. The number of methoxy groups -OCH3 is 1. The van der Waals surface area contributed by atoms with Crippen LogP contribution in [0.3, 0.4) is 0 Å². The zero-order chi connectivity index (χ0) is 15.9. The van der Waals surface area contributed by atoms with Gasteiger partial charge < -0.3 is 19.3 Å². The van der Waals surface area contributed by atoms with Crippen LogP contribution in [0.4, 0.5) is 0 Å². The highest BCUT2D eigenvalue weighted by Gasteiger charge is 2.62. The topological polar surface area (TPSA) is 53.7 Å². The van der Waals surface area contributed by atoms with Crippen LogP contribution in [0, 0.1) is 5.92 Å². The number of hydrogen-bond donors (Lipinski definition) is 1. The molecule has 4 nitrogen and oxygen atoms in total. The molecule has 0 aromatic heterocycles. The van der Waals surface area contributed by atoms with E-state index in [4.69, 9.17) is 19.3 Å². The van der Waals surface area contributed by atoms with Crippen molar-refractivity contribution in [3.05, 3.63) is 0 Å². The summed E-state index contributed by atoms with van der Waals surface area (Å²) >= 11 is 0. The van der Waals surface area contributed by atoms with E-state index < -0.39 is 8.56 Å². The molecule has 1 heterocycles. The molecule has 1 rings (SSSR count). The lowest BCUT2D eigenvalue weighted by Crippen LogP contribution is -2.68. The van der Waals surface area contributed by atoms with E-state index in [1.165, 1.54) is 25.7 Å². The van der Waals surface area contributed by atoms with Gasteiger partial charge in [0.1, 0.15) is 5.22 Å². The summed E-state index contributed by atoms with van der Waals surface area (Å²) in [6, 6.07) is 1.28. The van der Waals surface area contributed by atoms with Crippen molar-refractivity contribution in [3.8, 4) is 0 Å². The van der Waals surface area contributed by atoms with Crippen LogP contribution in [0.5, 0.6) is 0 Å². The van der Waals surface area contributed by atoms with E-state index in [2.05, 4.69) is 13.8 Å². The molecule has 1 aliphatic rings. The Morgan fingerprint density at radius 3 is 2.43 bits per heavy atom. The minimum atomic E-state index is -2.35. The first kappa shape index (κ1) is 19.1. The van der Waals surface area contributed by atoms with Crippen molar-refractivity contribution in [1.82, 2.24) is 0 Å². The van der Waals surface area contributed by atoms with Crippen LogP contribution in [-0.4, -0.2) is 41.2 Å². The van der Waals surface area contributed by atoms with Gasteiger partial charge in [-0.2, -0.15) is 0 Å². The predicted molar refractivity (Wildman–Crippen MR) is 89.5 cm³/mol. The van der Waals surface area contributed by atoms with Crippen LogP contribution in [0.15, 0.2) is 0 Å². The zero-order valence-corrected chi connectivity index (χ0v) is 15.6. The molecule has 126 valence electrons. The summed E-state index contributed by atoms with van der Waals surface area (Å²) in [5.74, 6) is 0.542. The lowest BCUT2D eigenvalue weighted by Gasteiger charge is -2.52. The Morgan fingerprint density at radius 1 is 1.29 bits per heavy atom. The largest absolute Gasteiger partial charge is 0.396 e. The summed E-state index contributed by atoms with van der Waals surface area (Å²) in [5, 5.41) is -0.223. The molecule has 21 heavy (non-hydrogen) atoms. The van der Waals surface area contributed by atoms with Crippen molar-refractivity contribution in [2.75, 3.05) is 21.3 Å². The Kier molecular flexibility index (Phi) is 7.85. The second-order valence-electron chi connectivity index (χ2n) is 6.50. The minimum absolute atomic E-state index is 0.223. The normalized spacial score (nSPS) is 30.3. The summed E-state index contributed by atoms with van der Waals surface area (Å²) in [6.45, 7) is 4.32. The Hall–Kier alpha value is 0.0569. The first-order valence-electron chi connectivity index (χ1n) is 8.43. The van der Waals surface area contributed by atoms with Crippen molar-refractivity contribution in [2.24, 2.45) is 11.7 Å².